The van der Waals surface area contributed by atoms with Crippen LogP contribution < -0.4 is 0 Å². The number of nitrogens with zero attached hydrogens (tertiary/aromatic N) is 2. The molecular formula is C11H14N2O3. The van der Waals surface area contributed by atoms with Crippen molar-refractivity contribution in [2.24, 2.45) is 11.8 Å². The number of hydrogen-bond acceptors (Lipinski definition) is 5. The fourth-order valence-corrected chi connectivity index (χ4v) is 2.84. The van der Waals surface area contributed by atoms with E-state index in [2.05, 4.69) is 10.1 Å². The van der Waals surface area contributed by atoms with E-state index in [4.69, 9.17) is 9.26 Å². The number of hydrogen-bond donors (Lipinski definition) is 0. The molecule has 0 radical (unpaired) electrons. The Morgan fingerprint density at radius 2 is 2.25 bits per heavy atom. The number of aromatic nitrogens is 2. The van der Waals surface area contributed by atoms with Gasteiger partial charge in [0.05, 0.1) is 6.61 Å². The van der Waals surface area contributed by atoms with Crippen molar-refractivity contribution in [3.63, 3.8) is 0 Å². The first kappa shape index (κ1) is 9.81. The van der Waals surface area contributed by atoms with Gasteiger partial charge in [0.25, 0.3) is 5.82 Å². The maximum Gasteiger partial charge on any atom is 0.379 e. The summed E-state index contributed by atoms with van der Waals surface area (Å²) in [4.78, 5) is 15.5. The Morgan fingerprint density at radius 3 is 2.94 bits per heavy atom. The van der Waals surface area contributed by atoms with Crippen LogP contribution >= 0.6 is 0 Å². The number of fused-ring (bicyclic) bond motifs is 1. The molecule has 0 spiro atoms. The number of carbonyl (C=O) groups is 1. The van der Waals surface area contributed by atoms with Crippen molar-refractivity contribution in [2.45, 2.75) is 32.1 Å². The zero-order valence-corrected chi connectivity index (χ0v) is 9.18. The van der Waals surface area contributed by atoms with Gasteiger partial charge in [0.1, 0.15) is 0 Å². The van der Waals surface area contributed by atoms with Gasteiger partial charge in [-0.2, -0.15) is 4.98 Å². The number of esters is 1. The molecule has 0 aliphatic heterocycles. The Labute approximate surface area is 93.2 Å². The number of rotatable bonds is 3. The summed E-state index contributed by atoms with van der Waals surface area (Å²) in [6.07, 6.45) is 3.82. The number of ether oxygens (including phenoxy) is 1. The van der Waals surface area contributed by atoms with Crippen molar-refractivity contribution in [3.8, 4) is 0 Å². The molecule has 0 aromatic carbocycles. The molecule has 0 amide bonds. The lowest BCUT2D eigenvalue weighted by Gasteiger charge is -1.95. The molecule has 2 unspecified atom stereocenters. The van der Waals surface area contributed by atoms with E-state index in [1.807, 2.05) is 0 Å². The predicted molar refractivity (Wildman–Crippen MR) is 53.8 cm³/mol. The van der Waals surface area contributed by atoms with E-state index in [1.54, 1.807) is 6.92 Å². The van der Waals surface area contributed by atoms with Gasteiger partial charge >= 0.3 is 5.97 Å². The quantitative estimate of drug-likeness (QED) is 0.729. The molecule has 1 heterocycles. The van der Waals surface area contributed by atoms with Crippen LogP contribution in [0.25, 0.3) is 0 Å². The van der Waals surface area contributed by atoms with Gasteiger partial charge in [-0.05, 0) is 36.8 Å². The highest BCUT2D eigenvalue weighted by molar-refractivity contribution is 5.84. The summed E-state index contributed by atoms with van der Waals surface area (Å²) in [5.41, 5.74) is 0. The summed E-state index contributed by atoms with van der Waals surface area (Å²) in [5.74, 6) is 2.03. The SMILES string of the molecule is CCOC(=O)c1noc(C2C3CCCC32)n1. The molecule has 5 nitrogen and oxygen atoms in total. The zero-order chi connectivity index (χ0) is 11.1. The van der Waals surface area contributed by atoms with Crippen molar-refractivity contribution in [2.75, 3.05) is 6.61 Å². The molecule has 86 valence electrons. The van der Waals surface area contributed by atoms with Gasteiger partial charge in [-0.1, -0.05) is 6.42 Å². The van der Waals surface area contributed by atoms with Crippen molar-refractivity contribution < 1.29 is 14.1 Å². The zero-order valence-electron chi connectivity index (χ0n) is 9.18. The van der Waals surface area contributed by atoms with Crippen LogP contribution in [0.2, 0.25) is 0 Å². The molecule has 2 aliphatic rings. The summed E-state index contributed by atoms with van der Waals surface area (Å²) >= 11 is 0. The molecule has 2 aliphatic carbocycles. The second kappa shape index (κ2) is 3.57. The normalized spacial score (nSPS) is 31.2. The molecule has 3 rings (SSSR count). The number of carbonyl (C=O) groups excluding carboxylic acids is 1. The highest BCUT2D eigenvalue weighted by Gasteiger charge is 2.56. The van der Waals surface area contributed by atoms with Crippen LogP contribution in [0, 0.1) is 11.8 Å². The third-order valence-electron chi connectivity index (χ3n) is 3.59. The second-order valence-electron chi connectivity index (χ2n) is 4.46. The molecule has 2 atom stereocenters. The van der Waals surface area contributed by atoms with E-state index in [1.165, 1.54) is 19.3 Å². The summed E-state index contributed by atoms with van der Waals surface area (Å²) in [5, 5.41) is 3.66. The van der Waals surface area contributed by atoms with Crippen LogP contribution in [0.5, 0.6) is 0 Å². The Bertz CT molecular complexity index is 405. The minimum atomic E-state index is -0.497. The third kappa shape index (κ3) is 1.42. The first-order chi connectivity index (χ1) is 7.81. The molecular weight excluding hydrogens is 208 g/mol. The average Bonchev–Trinajstić information content (AvgIpc) is 2.76. The maximum atomic E-state index is 11.3. The molecule has 5 heteroatoms. The minimum Gasteiger partial charge on any atom is -0.460 e. The van der Waals surface area contributed by atoms with Gasteiger partial charge in [0.15, 0.2) is 0 Å². The van der Waals surface area contributed by atoms with Gasteiger partial charge in [-0.15, -0.1) is 0 Å². The van der Waals surface area contributed by atoms with Crippen LogP contribution in [-0.4, -0.2) is 22.7 Å². The first-order valence-electron chi connectivity index (χ1n) is 5.82. The Hall–Kier alpha value is -1.39. The highest BCUT2D eigenvalue weighted by atomic mass is 16.5. The molecule has 2 saturated carbocycles. The first-order valence-corrected chi connectivity index (χ1v) is 5.82. The Morgan fingerprint density at radius 1 is 1.50 bits per heavy atom. The molecule has 1 aromatic rings. The van der Waals surface area contributed by atoms with Crippen LogP contribution in [0.4, 0.5) is 0 Å². The minimum absolute atomic E-state index is 0.0572. The summed E-state index contributed by atoms with van der Waals surface area (Å²) in [7, 11) is 0. The standard InChI is InChI=1S/C11H14N2O3/c1-2-15-11(14)9-12-10(16-13-9)8-6-4-3-5-7(6)8/h6-8H,2-5H2,1H3. The Kier molecular flexibility index (Phi) is 2.19. The smallest absolute Gasteiger partial charge is 0.379 e. The van der Waals surface area contributed by atoms with Crippen molar-refractivity contribution in [1.29, 1.82) is 0 Å². The molecule has 0 saturated heterocycles. The molecule has 0 bridgehead atoms. The van der Waals surface area contributed by atoms with E-state index >= 15 is 0 Å². The van der Waals surface area contributed by atoms with Crippen molar-refractivity contribution in [3.05, 3.63) is 11.7 Å². The third-order valence-corrected chi connectivity index (χ3v) is 3.59. The topological polar surface area (TPSA) is 65.2 Å². The molecule has 16 heavy (non-hydrogen) atoms. The molecule has 0 N–H and O–H groups in total. The fourth-order valence-electron chi connectivity index (χ4n) is 2.84. The predicted octanol–water partition coefficient (Wildman–Crippen LogP) is 1.76. The lowest BCUT2D eigenvalue weighted by atomic mass is 10.1. The van der Waals surface area contributed by atoms with Crippen LogP contribution in [0.3, 0.4) is 0 Å². The summed E-state index contributed by atoms with van der Waals surface area (Å²) in [6.45, 7) is 2.08. The fraction of sp³-hybridized carbons (Fsp3) is 0.727. The highest BCUT2D eigenvalue weighted by Crippen LogP contribution is 2.62. The molecule has 2 fully saturated rings. The lowest BCUT2D eigenvalue weighted by molar-refractivity contribution is 0.0508. The average molecular weight is 222 g/mol. The summed E-state index contributed by atoms with van der Waals surface area (Å²) < 4.78 is 9.94. The largest absolute Gasteiger partial charge is 0.460 e. The lowest BCUT2D eigenvalue weighted by Crippen LogP contribution is -2.06. The van der Waals surface area contributed by atoms with Crippen molar-refractivity contribution >= 4 is 5.97 Å². The van der Waals surface area contributed by atoms with E-state index < -0.39 is 5.97 Å². The monoisotopic (exact) mass is 222 g/mol. The maximum absolute atomic E-state index is 11.3. The van der Waals surface area contributed by atoms with Gasteiger partial charge in [0, 0.05) is 5.92 Å². The Balaban J connectivity index is 1.71. The van der Waals surface area contributed by atoms with E-state index in [-0.39, 0.29) is 5.82 Å². The van der Waals surface area contributed by atoms with Crippen LogP contribution in [0.15, 0.2) is 4.52 Å². The van der Waals surface area contributed by atoms with Gasteiger partial charge < -0.3 is 9.26 Å². The van der Waals surface area contributed by atoms with Crippen LogP contribution in [-0.2, 0) is 4.74 Å². The molecule has 1 aromatic heterocycles. The van der Waals surface area contributed by atoms with Gasteiger partial charge in [-0.3, -0.25) is 0 Å². The van der Waals surface area contributed by atoms with Gasteiger partial charge in [-0.25, -0.2) is 4.79 Å². The van der Waals surface area contributed by atoms with Gasteiger partial charge in [0.2, 0.25) is 5.89 Å². The second-order valence-corrected chi connectivity index (χ2v) is 4.46. The van der Waals surface area contributed by atoms with E-state index in [0.717, 1.165) is 11.8 Å². The van der Waals surface area contributed by atoms with Crippen molar-refractivity contribution in [1.82, 2.24) is 10.1 Å². The summed E-state index contributed by atoms with van der Waals surface area (Å²) in [6, 6.07) is 0. The van der Waals surface area contributed by atoms with E-state index in [9.17, 15) is 4.79 Å². The van der Waals surface area contributed by atoms with Crippen LogP contribution in [0.1, 0.15) is 48.6 Å². The van der Waals surface area contributed by atoms with E-state index in [0.29, 0.717) is 18.4 Å².